The Bertz CT molecular complexity index is 5260. The Morgan fingerprint density at radius 1 is 0.179 bits per heavy atom. The Labute approximate surface area is 479 Å². The van der Waals surface area contributed by atoms with Gasteiger partial charge in [-0.05, 0) is 72.8 Å². The fraction of sp³-hybridized carbons (Fsp3) is 0. The molecule has 0 fully saturated rings. The van der Waals surface area contributed by atoms with Crippen LogP contribution in [0, 0.1) is 0 Å². The van der Waals surface area contributed by atoms with E-state index in [1.165, 1.54) is 32.3 Å². The van der Waals surface area contributed by atoms with Crippen molar-refractivity contribution in [1.29, 1.82) is 0 Å². The van der Waals surface area contributed by atoms with Gasteiger partial charge in [-0.15, -0.1) is 0 Å². The third-order valence-corrected chi connectivity index (χ3v) is 17.8. The lowest BCUT2D eigenvalue weighted by Gasteiger charge is -2.18. The average molecular weight is 1070 g/mol. The molecule has 19 aromatic rings. The first-order valence-electron chi connectivity index (χ1n) is 28.7. The van der Waals surface area contributed by atoms with E-state index >= 15 is 0 Å². The van der Waals surface area contributed by atoms with E-state index in [2.05, 4.69) is 306 Å². The number of nitrogens with zero attached hydrogens (tertiary/aromatic N) is 8. The molecular formula is C76H46N8. The van der Waals surface area contributed by atoms with Gasteiger partial charge in [0.1, 0.15) is 11.6 Å². The molecule has 19 rings (SSSR count). The van der Waals surface area contributed by atoms with Gasteiger partial charge in [-0.25, -0.2) is 0 Å². The van der Waals surface area contributed by atoms with Gasteiger partial charge in [0.05, 0.1) is 83.3 Å². The number of benzene rings is 12. The summed E-state index contributed by atoms with van der Waals surface area (Å²) in [7, 11) is 0. The molecule has 0 aliphatic heterocycles. The van der Waals surface area contributed by atoms with Crippen LogP contribution in [0.1, 0.15) is 0 Å². The number of para-hydroxylation sites is 12. The first-order chi connectivity index (χ1) is 41.7. The third kappa shape index (κ3) is 6.04. The SMILES string of the molecule is c1ccc2c(c1)c1ccccc1n2-c1cccc2c3ccccc3n(-c3cc(-n4c5ccccc5c5cccc(-n6c7ccccc7c7ccccc76)c54)nc(-n4c5ccccc5c5cccc(-n6c7ccccc7c7ccccc76)c54)n3)c12. The van der Waals surface area contributed by atoms with Gasteiger partial charge in [-0.1, -0.05) is 200 Å². The van der Waals surface area contributed by atoms with Crippen LogP contribution in [0.2, 0.25) is 0 Å². The van der Waals surface area contributed by atoms with Gasteiger partial charge in [0, 0.05) is 70.7 Å². The van der Waals surface area contributed by atoms with Gasteiger partial charge in [-0.3, -0.25) is 13.7 Å². The minimum Gasteiger partial charge on any atom is -0.307 e. The number of hydrogen-bond donors (Lipinski definition) is 0. The first-order valence-corrected chi connectivity index (χ1v) is 28.7. The smallest absolute Gasteiger partial charge is 0.238 e. The quantitative estimate of drug-likeness (QED) is 0.167. The molecule has 0 unspecified atom stereocenters. The minimum atomic E-state index is 0.544. The van der Waals surface area contributed by atoms with Crippen LogP contribution in [0.3, 0.4) is 0 Å². The van der Waals surface area contributed by atoms with Crippen LogP contribution in [-0.4, -0.2) is 37.4 Å². The third-order valence-electron chi connectivity index (χ3n) is 17.8. The molecule has 0 amide bonds. The normalized spacial score (nSPS) is 12.3. The molecule has 0 aliphatic carbocycles. The molecule has 0 N–H and O–H groups in total. The standard InChI is InChI=1S/C76H46N8/c1-10-34-59-47(22-1)48-23-2-11-35-60(48)79(59)68-43-19-31-56-53-28-7-16-40-65(53)82(73(56)68)71-46-72(83-66-41-17-8-29-54(66)57-32-20-44-69(74(57)83)80-61-36-12-3-24-49(61)50-25-4-13-37-62(50)80)78-76(77-71)84-67-42-18-9-30-55(67)58-33-21-45-70(75(58)84)81-63-38-14-5-26-51(63)52-27-6-15-39-64(52)81/h1-46H. The number of hydrogen-bond acceptors (Lipinski definition) is 2. The van der Waals surface area contributed by atoms with Gasteiger partial charge in [0.2, 0.25) is 5.95 Å². The van der Waals surface area contributed by atoms with E-state index in [1.807, 2.05) is 0 Å². The van der Waals surface area contributed by atoms with Gasteiger partial charge in [-0.2, -0.15) is 9.97 Å². The monoisotopic (exact) mass is 1070 g/mol. The van der Waals surface area contributed by atoms with E-state index in [0.29, 0.717) is 5.95 Å². The highest BCUT2D eigenvalue weighted by atomic mass is 15.2. The van der Waals surface area contributed by atoms with E-state index in [1.54, 1.807) is 0 Å². The maximum Gasteiger partial charge on any atom is 0.238 e. The van der Waals surface area contributed by atoms with Gasteiger partial charge >= 0.3 is 0 Å². The van der Waals surface area contributed by atoms with Crippen molar-refractivity contribution in [3.63, 3.8) is 0 Å². The fourth-order valence-corrected chi connectivity index (χ4v) is 14.5. The maximum absolute atomic E-state index is 6.01. The predicted molar refractivity (Wildman–Crippen MR) is 348 cm³/mol. The maximum atomic E-state index is 6.01. The largest absolute Gasteiger partial charge is 0.307 e. The minimum absolute atomic E-state index is 0.544. The summed E-state index contributed by atoms with van der Waals surface area (Å²) in [5, 5.41) is 14.0. The zero-order chi connectivity index (χ0) is 54.7. The second-order valence-corrected chi connectivity index (χ2v) is 22.1. The first kappa shape index (κ1) is 45.3. The highest BCUT2D eigenvalue weighted by Gasteiger charge is 2.27. The predicted octanol–water partition coefficient (Wildman–Crippen LogP) is 19.1. The summed E-state index contributed by atoms with van der Waals surface area (Å²) < 4.78 is 14.5. The molecule has 0 saturated heterocycles. The number of fused-ring (bicyclic) bond motifs is 18. The Morgan fingerprint density at radius 3 is 0.655 bits per heavy atom. The lowest BCUT2D eigenvalue weighted by Crippen LogP contribution is -2.12. The molecule has 12 aromatic carbocycles. The Kier molecular flexibility index (Phi) is 9.18. The van der Waals surface area contributed by atoms with Crippen LogP contribution in [0.25, 0.3) is 165 Å². The van der Waals surface area contributed by atoms with E-state index < -0.39 is 0 Å². The van der Waals surface area contributed by atoms with E-state index in [4.69, 9.17) is 9.97 Å². The zero-order valence-electron chi connectivity index (χ0n) is 45.1. The molecule has 0 atom stereocenters. The van der Waals surface area contributed by atoms with Crippen LogP contribution < -0.4 is 0 Å². The second-order valence-electron chi connectivity index (χ2n) is 22.1. The van der Waals surface area contributed by atoms with Gasteiger partial charge in [0.15, 0.2) is 0 Å². The summed E-state index contributed by atoms with van der Waals surface area (Å²) in [5.74, 6) is 2.01. The number of rotatable bonds is 6. The summed E-state index contributed by atoms with van der Waals surface area (Å²) in [6.07, 6.45) is 0. The van der Waals surface area contributed by atoms with Gasteiger partial charge < -0.3 is 13.7 Å². The van der Waals surface area contributed by atoms with Crippen molar-refractivity contribution in [2.45, 2.75) is 0 Å². The topological polar surface area (TPSA) is 55.4 Å². The van der Waals surface area contributed by atoms with Crippen LogP contribution in [0.15, 0.2) is 279 Å². The average Bonchev–Trinajstić information content (AvgIpc) is 3.61. The van der Waals surface area contributed by atoms with Crippen molar-refractivity contribution in [2.75, 3.05) is 0 Å². The Morgan fingerprint density at radius 2 is 0.381 bits per heavy atom. The van der Waals surface area contributed by atoms with Crippen molar-refractivity contribution in [3.05, 3.63) is 279 Å². The van der Waals surface area contributed by atoms with Crippen molar-refractivity contribution in [2.24, 2.45) is 0 Å². The van der Waals surface area contributed by atoms with E-state index in [0.717, 1.165) is 127 Å². The van der Waals surface area contributed by atoms with Crippen molar-refractivity contribution < 1.29 is 0 Å². The van der Waals surface area contributed by atoms with E-state index in [-0.39, 0.29) is 0 Å². The van der Waals surface area contributed by atoms with Crippen molar-refractivity contribution in [1.82, 2.24) is 37.4 Å². The molecular weight excluding hydrogens is 1020 g/mol. The molecule has 0 bridgehead atoms. The highest BCUT2D eigenvalue weighted by Crippen LogP contribution is 2.45. The molecule has 7 aromatic heterocycles. The lowest BCUT2D eigenvalue weighted by molar-refractivity contribution is 0.914. The molecule has 0 saturated carbocycles. The lowest BCUT2D eigenvalue weighted by atomic mass is 10.1. The Hall–Kier alpha value is -11.5. The van der Waals surface area contributed by atoms with E-state index in [9.17, 15) is 0 Å². The number of aromatic nitrogens is 8. The molecule has 0 radical (unpaired) electrons. The molecule has 8 nitrogen and oxygen atoms in total. The van der Waals surface area contributed by atoms with Crippen LogP contribution in [-0.2, 0) is 0 Å². The summed E-state index contributed by atoms with van der Waals surface area (Å²) in [6.45, 7) is 0. The molecule has 390 valence electrons. The van der Waals surface area contributed by atoms with Crippen LogP contribution in [0.5, 0.6) is 0 Å². The summed E-state index contributed by atoms with van der Waals surface area (Å²) in [6, 6.07) is 101. The van der Waals surface area contributed by atoms with Gasteiger partial charge in [0.25, 0.3) is 0 Å². The molecule has 8 heteroatoms. The Balaban J connectivity index is 0.999. The summed E-state index contributed by atoms with van der Waals surface area (Å²) >= 11 is 0. The van der Waals surface area contributed by atoms with Crippen molar-refractivity contribution in [3.8, 4) is 34.6 Å². The molecule has 0 aliphatic rings. The summed E-state index contributed by atoms with van der Waals surface area (Å²) in [5.41, 5.74) is 16.1. The second kappa shape index (κ2) is 17.0. The molecule has 0 spiro atoms. The summed E-state index contributed by atoms with van der Waals surface area (Å²) in [4.78, 5) is 12.0. The molecule has 7 heterocycles. The fourth-order valence-electron chi connectivity index (χ4n) is 14.5. The van der Waals surface area contributed by atoms with Crippen LogP contribution >= 0.6 is 0 Å². The highest BCUT2D eigenvalue weighted by molar-refractivity contribution is 6.18. The van der Waals surface area contributed by atoms with Crippen molar-refractivity contribution >= 4 is 131 Å². The van der Waals surface area contributed by atoms with Crippen LogP contribution in [0.4, 0.5) is 0 Å². The molecule has 84 heavy (non-hydrogen) atoms. The zero-order valence-corrected chi connectivity index (χ0v) is 45.1.